The Morgan fingerprint density at radius 3 is 2.81 bits per heavy atom. The minimum Gasteiger partial charge on any atom is -0.324 e. The molecule has 0 amide bonds. The van der Waals surface area contributed by atoms with Gasteiger partial charge in [0.05, 0.1) is 11.3 Å². The molecule has 2 aromatic rings. The molecule has 1 aliphatic rings. The van der Waals surface area contributed by atoms with E-state index in [0.717, 1.165) is 23.9 Å². The van der Waals surface area contributed by atoms with Crippen molar-refractivity contribution >= 4 is 11.6 Å². The van der Waals surface area contributed by atoms with E-state index in [2.05, 4.69) is 20.6 Å². The first-order valence-electron chi connectivity index (χ1n) is 6.44. The number of benzene rings is 1. The molecule has 1 aliphatic heterocycles. The Hall–Kier alpha value is -2.15. The van der Waals surface area contributed by atoms with Crippen LogP contribution in [0.15, 0.2) is 24.4 Å². The molecule has 110 valence electrons. The summed E-state index contributed by atoms with van der Waals surface area (Å²) in [5.74, 6) is 0.300. The molecule has 1 aromatic carbocycles. The summed E-state index contributed by atoms with van der Waals surface area (Å²) in [7, 11) is 0. The summed E-state index contributed by atoms with van der Waals surface area (Å²) >= 11 is 0. The smallest absolute Gasteiger partial charge is 0.324 e. The predicted octanol–water partition coefficient (Wildman–Crippen LogP) is 3.15. The second-order valence-corrected chi connectivity index (χ2v) is 4.92. The van der Waals surface area contributed by atoms with Crippen molar-refractivity contribution in [2.24, 2.45) is 0 Å². The average Bonchev–Trinajstić information content (AvgIpc) is 2.87. The molecule has 7 heteroatoms. The molecule has 1 aromatic heterocycles. The van der Waals surface area contributed by atoms with Gasteiger partial charge in [0.2, 0.25) is 5.95 Å². The Morgan fingerprint density at radius 1 is 1.24 bits per heavy atom. The molecule has 4 nitrogen and oxygen atoms in total. The fourth-order valence-corrected chi connectivity index (χ4v) is 2.25. The number of aryl methyl sites for hydroxylation is 1. The number of nitrogens with zero attached hydrogens (tertiary/aromatic N) is 2. The standard InChI is InChI=1S/C14H13F3N4/c1-8-2-3-10(4-11(8)14(15,16)17)20-13-19-6-9-5-18-7-12(9)21-13/h2-4,6,18H,5,7H2,1H3,(H,19,20,21). The van der Waals surface area contributed by atoms with Gasteiger partial charge in [-0.25, -0.2) is 9.97 Å². The minimum atomic E-state index is -4.37. The maximum atomic E-state index is 12.9. The molecule has 3 rings (SSSR count). The summed E-state index contributed by atoms with van der Waals surface area (Å²) in [5.41, 5.74) is 1.73. The second-order valence-electron chi connectivity index (χ2n) is 4.92. The fourth-order valence-electron chi connectivity index (χ4n) is 2.25. The molecule has 0 unspecified atom stereocenters. The SMILES string of the molecule is Cc1ccc(Nc2ncc3c(n2)CNC3)cc1C(F)(F)F. The van der Waals surface area contributed by atoms with Gasteiger partial charge in [-0.05, 0) is 24.6 Å². The number of halogens is 3. The largest absolute Gasteiger partial charge is 0.416 e. The lowest BCUT2D eigenvalue weighted by atomic mass is 10.1. The van der Waals surface area contributed by atoms with E-state index in [9.17, 15) is 13.2 Å². The maximum Gasteiger partial charge on any atom is 0.416 e. The van der Waals surface area contributed by atoms with Crippen LogP contribution in [0, 0.1) is 6.92 Å². The van der Waals surface area contributed by atoms with Crippen LogP contribution in [0.5, 0.6) is 0 Å². The zero-order valence-corrected chi connectivity index (χ0v) is 11.3. The Morgan fingerprint density at radius 2 is 2.05 bits per heavy atom. The van der Waals surface area contributed by atoms with Crippen LogP contribution in [-0.4, -0.2) is 9.97 Å². The molecule has 21 heavy (non-hydrogen) atoms. The number of hydrogen-bond donors (Lipinski definition) is 2. The number of anilines is 2. The third-order valence-corrected chi connectivity index (χ3v) is 3.36. The Bertz CT molecular complexity index is 682. The molecule has 2 heterocycles. The first kappa shape index (κ1) is 13.8. The van der Waals surface area contributed by atoms with Crippen molar-refractivity contribution in [2.75, 3.05) is 5.32 Å². The summed E-state index contributed by atoms with van der Waals surface area (Å²) in [6, 6.07) is 4.09. The molecule has 0 spiro atoms. The van der Waals surface area contributed by atoms with Crippen LogP contribution < -0.4 is 10.6 Å². The van der Waals surface area contributed by atoms with E-state index in [0.29, 0.717) is 18.2 Å². The van der Waals surface area contributed by atoms with Crippen molar-refractivity contribution in [3.63, 3.8) is 0 Å². The number of rotatable bonds is 2. The van der Waals surface area contributed by atoms with E-state index in [1.54, 1.807) is 12.3 Å². The second kappa shape index (κ2) is 5.00. The highest BCUT2D eigenvalue weighted by molar-refractivity contribution is 5.56. The van der Waals surface area contributed by atoms with Gasteiger partial charge < -0.3 is 10.6 Å². The number of hydrogen-bond acceptors (Lipinski definition) is 4. The number of fused-ring (bicyclic) bond motifs is 1. The summed E-state index contributed by atoms with van der Waals surface area (Å²) in [6.45, 7) is 2.80. The summed E-state index contributed by atoms with van der Waals surface area (Å²) in [4.78, 5) is 8.41. The van der Waals surface area contributed by atoms with Crippen molar-refractivity contribution < 1.29 is 13.2 Å². The zero-order chi connectivity index (χ0) is 15.0. The fraction of sp³-hybridized carbons (Fsp3) is 0.286. The summed E-state index contributed by atoms with van der Waals surface area (Å²) < 4.78 is 38.6. The highest BCUT2D eigenvalue weighted by atomic mass is 19.4. The van der Waals surface area contributed by atoms with E-state index >= 15 is 0 Å². The third-order valence-electron chi connectivity index (χ3n) is 3.36. The zero-order valence-electron chi connectivity index (χ0n) is 11.3. The molecule has 0 aliphatic carbocycles. The van der Waals surface area contributed by atoms with Crippen molar-refractivity contribution in [2.45, 2.75) is 26.2 Å². The highest BCUT2D eigenvalue weighted by Gasteiger charge is 2.32. The molecule has 0 radical (unpaired) electrons. The number of alkyl halides is 3. The van der Waals surface area contributed by atoms with E-state index in [4.69, 9.17) is 0 Å². The van der Waals surface area contributed by atoms with Gasteiger partial charge in [-0.2, -0.15) is 13.2 Å². The highest BCUT2D eigenvalue weighted by Crippen LogP contribution is 2.33. The lowest BCUT2D eigenvalue weighted by molar-refractivity contribution is -0.138. The maximum absolute atomic E-state index is 12.9. The van der Waals surface area contributed by atoms with E-state index in [1.807, 2.05) is 0 Å². The van der Waals surface area contributed by atoms with Crippen LogP contribution in [0.25, 0.3) is 0 Å². The minimum absolute atomic E-state index is 0.187. The van der Waals surface area contributed by atoms with Gasteiger partial charge in [0, 0.05) is 30.5 Å². The molecule has 0 saturated carbocycles. The first-order valence-corrected chi connectivity index (χ1v) is 6.44. The molecule has 0 saturated heterocycles. The third kappa shape index (κ3) is 2.82. The lowest BCUT2D eigenvalue weighted by Crippen LogP contribution is -2.08. The van der Waals surface area contributed by atoms with E-state index in [1.165, 1.54) is 13.0 Å². The van der Waals surface area contributed by atoms with Crippen molar-refractivity contribution in [3.05, 3.63) is 46.8 Å². The Labute approximate surface area is 119 Å². The van der Waals surface area contributed by atoms with Gasteiger partial charge >= 0.3 is 6.18 Å². The van der Waals surface area contributed by atoms with Gasteiger partial charge in [0.1, 0.15) is 0 Å². The summed E-state index contributed by atoms with van der Waals surface area (Å²) in [5, 5.41) is 5.96. The van der Waals surface area contributed by atoms with Crippen LogP contribution in [0.3, 0.4) is 0 Å². The van der Waals surface area contributed by atoms with Crippen LogP contribution in [0.1, 0.15) is 22.4 Å². The number of nitrogens with one attached hydrogen (secondary N) is 2. The first-order chi connectivity index (χ1) is 9.93. The quantitative estimate of drug-likeness (QED) is 0.893. The van der Waals surface area contributed by atoms with Gasteiger partial charge in [-0.1, -0.05) is 6.07 Å². The van der Waals surface area contributed by atoms with Crippen molar-refractivity contribution in [3.8, 4) is 0 Å². The monoisotopic (exact) mass is 294 g/mol. The van der Waals surface area contributed by atoms with Gasteiger partial charge in [-0.15, -0.1) is 0 Å². The number of aromatic nitrogens is 2. The average molecular weight is 294 g/mol. The molecular formula is C14H13F3N4. The van der Waals surface area contributed by atoms with E-state index in [-0.39, 0.29) is 5.56 Å². The van der Waals surface area contributed by atoms with Crippen LogP contribution >= 0.6 is 0 Å². The van der Waals surface area contributed by atoms with Crippen molar-refractivity contribution in [1.82, 2.24) is 15.3 Å². The molecule has 2 N–H and O–H groups in total. The lowest BCUT2D eigenvalue weighted by Gasteiger charge is -2.13. The Kier molecular flexibility index (Phi) is 3.29. The van der Waals surface area contributed by atoms with Gasteiger partial charge in [0.15, 0.2) is 0 Å². The molecule has 0 atom stereocenters. The molecule has 0 bridgehead atoms. The van der Waals surface area contributed by atoms with Crippen molar-refractivity contribution in [1.29, 1.82) is 0 Å². The van der Waals surface area contributed by atoms with Crippen LogP contribution in [0.2, 0.25) is 0 Å². The Balaban J connectivity index is 1.88. The van der Waals surface area contributed by atoms with Crippen LogP contribution in [-0.2, 0) is 19.3 Å². The van der Waals surface area contributed by atoms with Gasteiger partial charge in [0.25, 0.3) is 0 Å². The summed E-state index contributed by atoms with van der Waals surface area (Å²) in [6.07, 6.45) is -2.69. The predicted molar refractivity (Wildman–Crippen MR) is 72.0 cm³/mol. The van der Waals surface area contributed by atoms with E-state index < -0.39 is 11.7 Å². The van der Waals surface area contributed by atoms with Gasteiger partial charge in [-0.3, -0.25) is 0 Å². The molecular weight excluding hydrogens is 281 g/mol. The molecule has 0 fully saturated rings. The van der Waals surface area contributed by atoms with Crippen LogP contribution in [0.4, 0.5) is 24.8 Å². The normalized spacial score (nSPS) is 14.1. The topological polar surface area (TPSA) is 49.8 Å².